The van der Waals surface area contributed by atoms with E-state index in [0.717, 1.165) is 0 Å². The number of nitro benzene ring substituents is 1. The summed E-state index contributed by atoms with van der Waals surface area (Å²) in [7, 11) is 0. The van der Waals surface area contributed by atoms with Gasteiger partial charge in [-0.2, -0.15) is 4.39 Å². The van der Waals surface area contributed by atoms with Crippen molar-refractivity contribution in [2.45, 2.75) is 18.6 Å². The van der Waals surface area contributed by atoms with Crippen LogP contribution in [0.4, 0.5) is 24.5 Å². The number of hydrogen-bond acceptors (Lipinski definition) is 4. The molecule has 0 aliphatic carbocycles. The van der Waals surface area contributed by atoms with Gasteiger partial charge in [0.1, 0.15) is 5.69 Å². The van der Waals surface area contributed by atoms with Crippen LogP contribution in [0.15, 0.2) is 6.07 Å². The maximum absolute atomic E-state index is 13.9. The van der Waals surface area contributed by atoms with Crippen LogP contribution in [0.3, 0.4) is 0 Å². The molecule has 0 radical (unpaired) electrons. The summed E-state index contributed by atoms with van der Waals surface area (Å²) in [6, 6.07) is 0.204. The summed E-state index contributed by atoms with van der Waals surface area (Å²) in [6.45, 7) is 0.581. The largest absolute Gasteiger partial charge is 0.374 e. The van der Waals surface area contributed by atoms with Crippen LogP contribution < -0.4 is 4.90 Å². The fourth-order valence-corrected chi connectivity index (χ4v) is 2.64. The van der Waals surface area contributed by atoms with Crippen molar-refractivity contribution >= 4 is 11.4 Å². The van der Waals surface area contributed by atoms with E-state index >= 15 is 0 Å². The molecule has 2 aliphatic rings. The molecule has 2 bridgehead atoms. The number of morpholine rings is 1. The van der Waals surface area contributed by atoms with Crippen molar-refractivity contribution in [2.75, 3.05) is 18.1 Å². The van der Waals surface area contributed by atoms with Crippen LogP contribution in [0.2, 0.25) is 0 Å². The minimum atomic E-state index is -1.63. The quantitative estimate of drug-likeness (QED) is 0.470. The molecule has 2 heterocycles. The first-order chi connectivity index (χ1) is 8.99. The summed E-state index contributed by atoms with van der Waals surface area (Å²) in [5.74, 6) is -4.28. The molecular weight excluding hydrogens is 265 g/mol. The smallest absolute Gasteiger partial charge is 0.310 e. The number of ether oxygens (including phenoxy) is 1. The normalized spacial score (nSPS) is 25.1. The number of rotatable bonds is 2. The van der Waals surface area contributed by atoms with Gasteiger partial charge in [-0.25, -0.2) is 8.78 Å². The Labute approximate surface area is 105 Å². The van der Waals surface area contributed by atoms with Gasteiger partial charge >= 0.3 is 5.69 Å². The first-order valence-corrected chi connectivity index (χ1v) is 5.69. The van der Waals surface area contributed by atoms with Gasteiger partial charge in [0.2, 0.25) is 5.82 Å². The molecule has 19 heavy (non-hydrogen) atoms. The van der Waals surface area contributed by atoms with Crippen molar-refractivity contribution in [2.24, 2.45) is 0 Å². The third-order valence-corrected chi connectivity index (χ3v) is 3.50. The van der Waals surface area contributed by atoms with Crippen molar-refractivity contribution in [1.29, 1.82) is 0 Å². The molecule has 0 N–H and O–H groups in total. The maximum Gasteiger partial charge on any atom is 0.310 e. The summed E-state index contributed by atoms with van der Waals surface area (Å²) in [5.41, 5.74) is -1.74. The molecule has 0 amide bonds. The van der Waals surface area contributed by atoms with Crippen LogP contribution in [0.5, 0.6) is 0 Å². The van der Waals surface area contributed by atoms with Gasteiger partial charge in [0.25, 0.3) is 0 Å². The topological polar surface area (TPSA) is 55.6 Å². The van der Waals surface area contributed by atoms with Crippen molar-refractivity contribution in [3.63, 3.8) is 0 Å². The molecule has 0 aromatic heterocycles. The van der Waals surface area contributed by atoms with E-state index in [1.54, 1.807) is 0 Å². The third kappa shape index (κ3) is 1.74. The van der Waals surface area contributed by atoms with Crippen molar-refractivity contribution < 1.29 is 22.8 Å². The second-order valence-corrected chi connectivity index (χ2v) is 4.61. The Morgan fingerprint density at radius 3 is 2.63 bits per heavy atom. The minimum Gasteiger partial charge on any atom is -0.374 e. The van der Waals surface area contributed by atoms with Gasteiger partial charge in [-0.15, -0.1) is 0 Å². The van der Waals surface area contributed by atoms with Crippen LogP contribution >= 0.6 is 0 Å². The summed E-state index contributed by atoms with van der Waals surface area (Å²) in [5, 5.41) is 10.5. The van der Waals surface area contributed by atoms with E-state index in [1.807, 2.05) is 0 Å². The fourth-order valence-electron chi connectivity index (χ4n) is 2.64. The second-order valence-electron chi connectivity index (χ2n) is 4.61. The van der Waals surface area contributed by atoms with Crippen molar-refractivity contribution in [3.05, 3.63) is 33.6 Å². The average molecular weight is 274 g/mol. The van der Waals surface area contributed by atoms with E-state index in [-0.39, 0.29) is 18.7 Å². The maximum atomic E-state index is 13.9. The van der Waals surface area contributed by atoms with Crippen molar-refractivity contribution in [1.82, 2.24) is 0 Å². The van der Waals surface area contributed by atoms with Crippen LogP contribution in [0.1, 0.15) is 6.42 Å². The van der Waals surface area contributed by atoms with Gasteiger partial charge in [0.15, 0.2) is 11.6 Å². The van der Waals surface area contributed by atoms with Crippen LogP contribution in [0.25, 0.3) is 0 Å². The summed E-state index contributed by atoms with van der Waals surface area (Å²) < 4.78 is 46.5. The van der Waals surface area contributed by atoms with Crippen molar-refractivity contribution in [3.8, 4) is 0 Å². The fraction of sp³-hybridized carbons (Fsp3) is 0.455. The molecule has 0 saturated carbocycles. The molecule has 0 spiro atoms. The Kier molecular flexibility index (Phi) is 2.63. The molecular formula is C11H9F3N2O3. The summed E-state index contributed by atoms with van der Waals surface area (Å²) in [4.78, 5) is 10.7. The molecule has 2 saturated heterocycles. The average Bonchev–Trinajstić information content (AvgIpc) is 2.96. The first-order valence-electron chi connectivity index (χ1n) is 5.69. The predicted octanol–water partition coefficient (Wildman–Crippen LogP) is 1.99. The highest BCUT2D eigenvalue weighted by Gasteiger charge is 2.42. The molecule has 2 atom stereocenters. The highest BCUT2D eigenvalue weighted by molar-refractivity contribution is 5.56. The minimum absolute atomic E-state index is 0.123. The van der Waals surface area contributed by atoms with E-state index in [4.69, 9.17) is 4.74 Å². The SMILES string of the molecule is O=[N+]([O-])c1cc(F)c(N2C[C@@H]3C[C@H]2CO3)c(F)c1F. The zero-order chi connectivity index (χ0) is 13.7. The summed E-state index contributed by atoms with van der Waals surface area (Å²) in [6.07, 6.45) is 0.499. The highest BCUT2D eigenvalue weighted by atomic mass is 19.2. The Bertz CT molecular complexity index is 567. The van der Waals surface area contributed by atoms with Gasteiger partial charge in [-0.05, 0) is 6.42 Å². The Hall–Kier alpha value is -1.83. The lowest BCUT2D eigenvalue weighted by Crippen LogP contribution is -2.38. The predicted molar refractivity (Wildman–Crippen MR) is 58.5 cm³/mol. The Morgan fingerprint density at radius 2 is 2.11 bits per heavy atom. The van der Waals surface area contributed by atoms with Gasteiger partial charge in [0.05, 0.1) is 29.7 Å². The van der Waals surface area contributed by atoms with Gasteiger partial charge in [-0.3, -0.25) is 10.1 Å². The molecule has 2 aliphatic heterocycles. The van der Waals surface area contributed by atoms with E-state index in [0.29, 0.717) is 19.1 Å². The number of halogens is 3. The number of fused-ring (bicyclic) bond motifs is 2. The molecule has 3 rings (SSSR count). The molecule has 102 valence electrons. The lowest BCUT2D eigenvalue weighted by atomic mass is 10.2. The molecule has 1 aromatic carbocycles. The number of nitrogens with zero attached hydrogens (tertiary/aromatic N) is 2. The molecule has 8 heteroatoms. The van der Waals surface area contributed by atoms with E-state index in [2.05, 4.69) is 0 Å². The Balaban J connectivity index is 2.07. The van der Waals surface area contributed by atoms with Crippen LogP contribution in [-0.4, -0.2) is 30.2 Å². The number of anilines is 1. The number of nitro groups is 1. The first kappa shape index (κ1) is 12.2. The van der Waals surface area contributed by atoms with Crippen LogP contribution in [-0.2, 0) is 4.74 Å². The Morgan fingerprint density at radius 1 is 1.37 bits per heavy atom. The van der Waals surface area contributed by atoms with Gasteiger partial charge in [0, 0.05) is 6.54 Å². The standard InChI is InChI=1S/C11H9F3N2O3/c12-7-2-8(16(17)18)9(13)10(14)11(7)15-3-6-1-5(15)4-19-6/h2,5-6H,1,3-4H2/t5-,6-/m0/s1. The van der Waals surface area contributed by atoms with Crippen LogP contribution in [0, 0.1) is 27.6 Å². The van der Waals surface area contributed by atoms with E-state index < -0.39 is 33.7 Å². The molecule has 1 aromatic rings. The third-order valence-electron chi connectivity index (χ3n) is 3.50. The summed E-state index contributed by atoms with van der Waals surface area (Å²) >= 11 is 0. The molecule has 5 nitrogen and oxygen atoms in total. The van der Waals surface area contributed by atoms with E-state index in [9.17, 15) is 23.3 Å². The monoisotopic (exact) mass is 274 g/mol. The second kappa shape index (κ2) is 4.09. The van der Waals surface area contributed by atoms with Gasteiger partial charge < -0.3 is 9.64 Å². The zero-order valence-electron chi connectivity index (χ0n) is 9.61. The number of hydrogen-bond donors (Lipinski definition) is 0. The number of benzene rings is 1. The zero-order valence-corrected chi connectivity index (χ0v) is 9.61. The lowest BCUT2D eigenvalue weighted by Gasteiger charge is -2.29. The lowest BCUT2D eigenvalue weighted by molar-refractivity contribution is -0.388. The highest BCUT2D eigenvalue weighted by Crippen LogP contribution is 2.38. The molecule has 0 unspecified atom stereocenters. The van der Waals surface area contributed by atoms with Gasteiger partial charge in [-0.1, -0.05) is 0 Å². The van der Waals surface area contributed by atoms with E-state index in [1.165, 1.54) is 4.90 Å². The molecule has 2 fully saturated rings.